The topological polar surface area (TPSA) is 122 Å². The number of piperidine rings is 1. The van der Waals surface area contributed by atoms with E-state index in [0.29, 0.717) is 56.1 Å². The van der Waals surface area contributed by atoms with E-state index in [1.165, 1.54) is 6.07 Å². The molecule has 1 N–H and O–H groups in total. The van der Waals surface area contributed by atoms with Crippen LogP contribution in [0, 0.1) is 23.7 Å². The second kappa shape index (κ2) is 10.1. The van der Waals surface area contributed by atoms with E-state index < -0.39 is 21.5 Å². The molecule has 1 aliphatic heterocycles. The van der Waals surface area contributed by atoms with Crippen molar-refractivity contribution in [1.29, 1.82) is 5.26 Å². The smallest absolute Gasteiger partial charge is 0.281 e. The van der Waals surface area contributed by atoms with Crippen molar-refractivity contribution in [3.63, 3.8) is 0 Å². The molecule has 3 aliphatic rings. The number of aromatic nitrogens is 1. The first-order valence-electron chi connectivity index (χ1n) is 13.3. The first-order valence-corrected chi connectivity index (χ1v) is 14.8. The van der Waals surface area contributed by atoms with Crippen molar-refractivity contribution in [2.75, 3.05) is 18.0 Å². The highest BCUT2D eigenvalue weighted by atomic mass is 32.2. The molecule has 1 aromatic carbocycles. The maximum atomic E-state index is 13.3. The van der Waals surface area contributed by atoms with Gasteiger partial charge in [0.15, 0.2) is 22.1 Å². The highest BCUT2D eigenvalue weighted by Gasteiger charge is 2.55. The molecule has 1 aromatic heterocycles. The number of rotatable bonds is 8. The Morgan fingerprint density at radius 3 is 2.45 bits per heavy atom. The third-order valence-corrected chi connectivity index (χ3v) is 9.09. The van der Waals surface area contributed by atoms with Crippen LogP contribution >= 0.6 is 0 Å². The van der Waals surface area contributed by atoms with E-state index >= 15 is 0 Å². The van der Waals surface area contributed by atoms with Crippen LogP contribution in [0.1, 0.15) is 63.9 Å². The fourth-order valence-electron chi connectivity index (χ4n) is 5.06. The average Bonchev–Trinajstić information content (AvgIpc) is 3.52. The lowest BCUT2D eigenvalue weighted by molar-refractivity contribution is -0.128. The van der Waals surface area contributed by atoms with Crippen molar-refractivity contribution < 1.29 is 22.7 Å². The quantitative estimate of drug-likeness (QED) is 0.529. The van der Waals surface area contributed by atoms with Crippen molar-refractivity contribution in [1.82, 2.24) is 9.71 Å². The lowest BCUT2D eigenvalue weighted by Crippen LogP contribution is -2.44. The van der Waals surface area contributed by atoms with Crippen molar-refractivity contribution in [2.45, 2.75) is 81.9 Å². The highest BCUT2D eigenvalue weighted by Crippen LogP contribution is 2.45. The number of nitriles is 1. The van der Waals surface area contributed by atoms with Gasteiger partial charge in [0.2, 0.25) is 0 Å². The molecule has 10 heteroatoms. The number of benzene rings is 1. The first-order chi connectivity index (χ1) is 18.1. The maximum Gasteiger partial charge on any atom is 0.281 e. The predicted octanol–water partition coefficient (Wildman–Crippen LogP) is 4.26. The number of ether oxygens (including phenoxy) is 2. The van der Waals surface area contributed by atoms with Crippen LogP contribution < -0.4 is 19.1 Å². The molecule has 0 spiro atoms. The molecule has 2 heterocycles. The summed E-state index contributed by atoms with van der Waals surface area (Å²) in [5.74, 6) is 0.870. The van der Waals surface area contributed by atoms with Crippen LogP contribution in [0.15, 0.2) is 41.4 Å². The second-order valence-electron chi connectivity index (χ2n) is 11.0. The molecule has 0 radical (unpaired) electrons. The normalized spacial score (nSPS) is 20.4. The Hall–Kier alpha value is -3.32. The van der Waals surface area contributed by atoms with Gasteiger partial charge < -0.3 is 14.4 Å². The Morgan fingerprint density at radius 1 is 1.11 bits per heavy atom. The van der Waals surface area contributed by atoms with Crippen LogP contribution in [0.4, 0.5) is 5.82 Å². The van der Waals surface area contributed by atoms with Gasteiger partial charge in [0.05, 0.1) is 17.6 Å². The summed E-state index contributed by atoms with van der Waals surface area (Å²) in [5.41, 5.74) is -0.823. The summed E-state index contributed by atoms with van der Waals surface area (Å²) in [6, 6.07) is 12.7. The molecule has 202 valence electrons. The van der Waals surface area contributed by atoms with Crippen molar-refractivity contribution >= 4 is 21.7 Å². The molecule has 2 aliphatic carbocycles. The Balaban J connectivity index is 1.29. The summed E-state index contributed by atoms with van der Waals surface area (Å²) in [6.07, 6.45) is 6.50. The number of nitrogens with zero attached hydrogens (tertiary/aromatic N) is 3. The third-order valence-electron chi connectivity index (χ3n) is 7.86. The lowest BCUT2D eigenvalue weighted by Gasteiger charge is -2.35. The van der Waals surface area contributed by atoms with Gasteiger partial charge in [-0.2, -0.15) is 13.7 Å². The maximum absolute atomic E-state index is 13.3. The monoisotopic (exact) mass is 538 g/mol. The molecule has 0 bridgehead atoms. The van der Waals surface area contributed by atoms with Crippen LogP contribution in [0.2, 0.25) is 0 Å². The molecule has 0 unspecified atom stereocenters. The second-order valence-corrected chi connectivity index (χ2v) is 12.6. The fraction of sp³-hybridized carbons (Fsp3) is 0.536. The number of carbonyl (C=O) groups excluding carboxylic acids is 1. The summed E-state index contributed by atoms with van der Waals surface area (Å²) in [5, 5.41) is 9.15. The third kappa shape index (κ3) is 5.44. The zero-order valence-electron chi connectivity index (χ0n) is 21.9. The van der Waals surface area contributed by atoms with Gasteiger partial charge in [-0.25, -0.2) is 9.71 Å². The Bertz CT molecular complexity index is 1350. The minimum absolute atomic E-state index is 0.121. The number of para-hydroxylation sites is 1. The molecule has 2 aromatic rings. The number of hydrogen-bond acceptors (Lipinski definition) is 8. The Kier molecular flexibility index (Phi) is 6.99. The Labute approximate surface area is 224 Å². The van der Waals surface area contributed by atoms with E-state index in [0.717, 1.165) is 31.2 Å². The lowest BCUT2D eigenvalue weighted by atomic mass is 9.82. The number of carbonyl (C=O) groups is 1. The van der Waals surface area contributed by atoms with Gasteiger partial charge in [-0.05, 0) is 76.1 Å². The van der Waals surface area contributed by atoms with Crippen LogP contribution in [0.25, 0.3) is 0 Å². The minimum atomic E-state index is -4.22. The Morgan fingerprint density at radius 2 is 1.79 bits per heavy atom. The van der Waals surface area contributed by atoms with Gasteiger partial charge in [0.25, 0.3) is 15.9 Å². The zero-order chi connectivity index (χ0) is 27.0. The van der Waals surface area contributed by atoms with Crippen molar-refractivity contribution in [3.05, 3.63) is 42.0 Å². The summed E-state index contributed by atoms with van der Waals surface area (Å²) < 4.78 is 41.0. The number of pyridine rings is 1. The minimum Gasteiger partial charge on any atom is -0.487 e. The SMILES string of the molecule is Cc1cccc(OC2CCCC2)c1OC1(C(=O)NS(=O)(=O)c2cccc(N3CCC(C)(C#N)CC3)n2)CC1. The molecule has 1 amide bonds. The molecular formula is C28H34N4O5S. The molecule has 38 heavy (non-hydrogen) atoms. The largest absolute Gasteiger partial charge is 0.487 e. The molecule has 9 nitrogen and oxygen atoms in total. The molecule has 0 atom stereocenters. The number of hydrogen-bond donors (Lipinski definition) is 1. The van der Waals surface area contributed by atoms with Crippen LogP contribution in [-0.2, 0) is 14.8 Å². The summed E-state index contributed by atoms with van der Waals surface area (Å²) in [4.78, 5) is 19.6. The first kappa shape index (κ1) is 26.3. The number of amides is 1. The standard InChI is InChI=1S/C28H34N4O5S/c1-20-7-5-10-22(36-21-8-3-4-9-21)25(20)37-28(13-14-28)26(33)31-38(34,35)24-12-6-11-23(30-24)32-17-15-27(2,19-29)16-18-32/h5-7,10-12,21H,3-4,8-9,13-18H2,1-2H3,(H,31,33). The van der Waals surface area contributed by atoms with Gasteiger partial charge in [0, 0.05) is 25.9 Å². The molecule has 2 saturated carbocycles. The highest BCUT2D eigenvalue weighted by molar-refractivity contribution is 7.90. The van der Waals surface area contributed by atoms with Crippen molar-refractivity contribution in [3.8, 4) is 17.6 Å². The van der Waals surface area contributed by atoms with E-state index in [4.69, 9.17) is 9.47 Å². The van der Waals surface area contributed by atoms with Gasteiger partial charge in [-0.15, -0.1) is 0 Å². The van der Waals surface area contributed by atoms with Crippen molar-refractivity contribution in [2.24, 2.45) is 5.41 Å². The predicted molar refractivity (Wildman–Crippen MR) is 141 cm³/mol. The van der Waals surface area contributed by atoms with E-state index in [-0.39, 0.29) is 16.5 Å². The average molecular weight is 539 g/mol. The van der Waals surface area contributed by atoms with E-state index in [2.05, 4.69) is 15.8 Å². The molecule has 1 saturated heterocycles. The summed E-state index contributed by atoms with van der Waals surface area (Å²) in [6.45, 7) is 5.03. The summed E-state index contributed by atoms with van der Waals surface area (Å²) in [7, 11) is -4.22. The summed E-state index contributed by atoms with van der Waals surface area (Å²) >= 11 is 0. The molecular weight excluding hydrogens is 504 g/mol. The van der Waals surface area contributed by atoms with E-state index in [9.17, 15) is 18.5 Å². The number of anilines is 1. The van der Waals surface area contributed by atoms with Crippen LogP contribution in [-0.4, -0.2) is 44.1 Å². The van der Waals surface area contributed by atoms with Crippen LogP contribution in [0.3, 0.4) is 0 Å². The molecule has 5 rings (SSSR count). The van der Waals surface area contributed by atoms with E-state index in [1.807, 2.05) is 36.9 Å². The van der Waals surface area contributed by atoms with Crippen LogP contribution in [0.5, 0.6) is 11.5 Å². The number of sulfonamides is 1. The van der Waals surface area contributed by atoms with Gasteiger partial charge in [-0.3, -0.25) is 4.79 Å². The van der Waals surface area contributed by atoms with E-state index in [1.54, 1.807) is 12.1 Å². The van der Waals surface area contributed by atoms with Gasteiger partial charge in [0.1, 0.15) is 5.82 Å². The number of nitrogens with one attached hydrogen (secondary N) is 1. The fourth-order valence-corrected chi connectivity index (χ4v) is 6.06. The molecule has 3 fully saturated rings. The van der Waals surface area contributed by atoms with Gasteiger partial charge in [-0.1, -0.05) is 18.2 Å². The number of aryl methyl sites for hydroxylation is 1. The van der Waals surface area contributed by atoms with Gasteiger partial charge >= 0.3 is 0 Å². The zero-order valence-corrected chi connectivity index (χ0v) is 22.7.